The van der Waals surface area contributed by atoms with Gasteiger partial charge in [-0.25, -0.2) is 0 Å². The lowest BCUT2D eigenvalue weighted by Gasteiger charge is -2.27. The highest BCUT2D eigenvalue weighted by atomic mass is 16.5. The van der Waals surface area contributed by atoms with Gasteiger partial charge in [0, 0.05) is 13.1 Å². The van der Waals surface area contributed by atoms with E-state index in [1.807, 2.05) is 63.2 Å². The number of aryl methyl sites for hydroxylation is 1. The lowest BCUT2D eigenvalue weighted by molar-refractivity contribution is -0.127. The summed E-state index contributed by atoms with van der Waals surface area (Å²) in [6.07, 6.45) is 0. The first-order valence-corrected chi connectivity index (χ1v) is 8.05. The smallest absolute Gasteiger partial charge is 0.253 e. The van der Waals surface area contributed by atoms with Crippen molar-refractivity contribution in [2.24, 2.45) is 0 Å². The predicted octanol–water partition coefficient (Wildman–Crippen LogP) is 2.17. The van der Waals surface area contributed by atoms with Crippen LogP contribution < -0.4 is 4.90 Å². The Morgan fingerprint density at radius 1 is 1.29 bits per heavy atom. The molecule has 1 unspecified atom stereocenters. The summed E-state index contributed by atoms with van der Waals surface area (Å²) in [4.78, 5) is 16.4. The molecule has 0 saturated carbocycles. The number of likely N-dealkylation sites (N-methyl/N-ethyl adjacent to an activating group) is 1. The fourth-order valence-corrected chi connectivity index (χ4v) is 2.99. The van der Waals surface area contributed by atoms with E-state index in [0.29, 0.717) is 18.0 Å². The van der Waals surface area contributed by atoms with Crippen LogP contribution >= 0.6 is 0 Å². The summed E-state index contributed by atoms with van der Waals surface area (Å²) in [5.74, 6) is 0.550. The number of hydrogen-bond acceptors (Lipinski definition) is 5. The van der Waals surface area contributed by atoms with E-state index in [-0.39, 0.29) is 12.5 Å². The highest BCUT2D eigenvalue weighted by molar-refractivity contribution is 5.96. The van der Waals surface area contributed by atoms with Crippen molar-refractivity contribution >= 4 is 11.6 Å². The molecule has 2 heterocycles. The molecule has 6 nitrogen and oxygen atoms in total. The molecule has 6 heteroatoms. The highest BCUT2D eigenvalue weighted by Crippen LogP contribution is 2.41. The van der Waals surface area contributed by atoms with Gasteiger partial charge >= 0.3 is 0 Å². The van der Waals surface area contributed by atoms with Crippen molar-refractivity contribution in [2.45, 2.75) is 19.4 Å². The Labute approximate surface area is 142 Å². The first kappa shape index (κ1) is 16.7. The van der Waals surface area contributed by atoms with Gasteiger partial charge in [0.1, 0.15) is 23.6 Å². The second kappa shape index (κ2) is 6.37. The minimum absolute atomic E-state index is 0.00855. The van der Waals surface area contributed by atoms with E-state index in [9.17, 15) is 4.79 Å². The lowest BCUT2D eigenvalue weighted by atomic mass is 9.91. The predicted molar refractivity (Wildman–Crippen MR) is 91.0 cm³/mol. The summed E-state index contributed by atoms with van der Waals surface area (Å²) in [7, 11) is 3.96. The van der Waals surface area contributed by atoms with Crippen LogP contribution in [0.3, 0.4) is 0 Å². The molecule has 0 aliphatic carbocycles. The quantitative estimate of drug-likeness (QED) is 0.860. The van der Waals surface area contributed by atoms with Gasteiger partial charge in [0.2, 0.25) is 0 Å². The Kier molecular flexibility index (Phi) is 4.43. The number of carbonyl (C=O) groups excluding carboxylic acids is 1. The van der Waals surface area contributed by atoms with Gasteiger partial charge < -0.3 is 19.1 Å². The molecule has 1 aliphatic heterocycles. The summed E-state index contributed by atoms with van der Waals surface area (Å²) >= 11 is 0. The molecule has 0 bridgehead atoms. The fraction of sp³-hybridized carbons (Fsp3) is 0.444. The largest absolute Gasteiger partial charge is 0.359 e. The molecule has 1 aromatic heterocycles. The number of aromatic nitrogens is 1. The second-order valence-corrected chi connectivity index (χ2v) is 6.47. The maximum atomic E-state index is 12.7. The van der Waals surface area contributed by atoms with E-state index in [1.165, 1.54) is 0 Å². The zero-order valence-corrected chi connectivity index (χ0v) is 14.6. The van der Waals surface area contributed by atoms with Crippen LogP contribution in [0.2, 0.25) is 0 Å². The van der Waals surface area contributed by atoms with E-state index >= 15 is 0 Å². The molecular weight excluding hydrogens is 306 g/mol. The van der Waals surface area contributed by atoms with E-state index in [4.69, 9.17) is 9.26 Å². The lowest BCUT2D eigenvalue weighted by Crippen LogP contribution is -2.38. The molecule has 2 aromatic rings. The van der Waals surface area contributed by atoms with E-state index in [1.54, 1.807) is 4.90 Å². The zero-order valence-electron chi connectivity index (χ0n) is 14.6. The summed E-state index contributed by atoms with van der Waals surface area (Å²) in [6, 6.07) is 9.81. The first-order valence-electron chi connectivity index (χ1n) is 8.05. The number of carbonyl (C=O) groups is 1. The molecule has 1 aromatic carbocycles. The summed E-state index contributed by atoms with van der Waals surface area (Å²) in [5.41, 5.74) is 1.50. The molecule has 1 atom stereocenters. The van der Waals surface area contributed by atoms with Crippen LogP contribution in [0, 0.1) is 6.92 Å². The van der Waals surface area contributed by atoms with Gasteiger partial charge in [-0.15, -0.1) is 0 Å². The Bertz CT molecular complexity index is 726. The van der Waals surface area contributed by atoms with Gasteiger partial charge in [0.05, 0.1) is 0 Å². The van der Waals surface area contributed by atoms with E-state index in [2.05, 4.69) is 5.16 Å². The third-order valence-corrected chi connectivity index (χ3v) is 4.43. The number of nitrogens with zero attached hydrogens (tertiary/aromatic N) is 3. The van der Waals surface area contributed by atoms with Gasteiger partial charge in [-0.2, -0.15) is 0 Å². The second-order valence-electron chi connectivity index (χ2n) is 6.47. The molecule has 1 amide bonds. The van der Waals surface area contributed by atoms with Gasteiger partial charge in [0.25, 0.3) is 5.91 Å². The number of amides is 1. The van der Waals surface area contributed by atoms with Crippen molar-refractivity contribution < 1.29 is 14.1 Å². The SMILES string of the molecule is Cc1onc2c1N(CCN(C)C)C(=O)COC2(C)c1ccccc1. The minimum atomic E-state index is -0.823. The van der Waals surface area contributed by atoms with Crippen LogP contribution in [0.25, 0.3) is 0 Å². The Balaban J connectivity index is 2.09. The summed E-state index contributed by atoms with van der Waals surface area (Å²) in [6.45, 7) is 5.09. The average molecular weight is 329 g/mol. The molecule has 24 heavy (non-hydrogen) atoms. The number of benzene rings is 1. The van der Waals surface area contributed by atoms with Crippen molar-refractivity contribution in [3.05, 3.63) is 47.3 Å². The number of fused-ring (bicyclic) bond motifs is 1. The van der Waals surface area contributed by atoms with Gasteiger partial charge in [-0.3, -0.25) is 4.79 Å². The number of ether oxygens (including phenoxy) is 1. The third-order valence-electron chi connectivity index (χ3n) is 4.43. The average Bonchev–Trinajstić information content (AvgIpc) is 2.91. The van der Waals surface area contributed by atoms with Gasteiger partial charge in [-0.05, 0) is 33.5 Å². The zero-order chi connectivity index (χ0) is 17.3. The van der Waals surface area contributed by atoms with Crippen LogP contribution in [0.5, 0.6) is 0 Å². The minimum Gasteiger partial charge on any atom is -0.359 e. The molecule has 3 rings (SSSR count). The molecule has 0 fully saturated rings. The van der Waals surface area contributed by atoms with Crippen molar-refractivity contribution in [3.63, 3.8) is 0 Å². The molecule has 0 saturated heterocycles. The van der Waals surface area contributed by atoms with Crippen LogP contribution in [0.4, 0.5) is 5.69 Å². The molecule has 0 spiro atoms. The first-order chi connectivity index (χ1) is 11.4. The van der Waals surface area contributed by atoms with E-state index in [0.717, 1.165) is 17.8 Å². The maximum Gasteiger partial charge on any atom is 0.253 e. The van der Waals surface area contributed by atoms with Gasteiger partial charge in [-0.1, -0.05) is 35.5 Å². The normalized spacial score (nSPS) is 21.0. The highest BCUT2D eigenvalue weighted by Gasteiger charge is 2.42. The Hall–Kier alpha value is -2.18. The number of rotatable bonds is 4. The summed E-state index contributed by atoms with van der Waals surface area (Å²) in [5, 5.41) is 4.25. The Morgan fingerprint density at radius 3 is 2.67 bits per heavy atom. The van der Waals surface area contributed by atoms with Crippen LogP contribution in [-0.2, 0) is 15.1 Å². The summed E-state index contributed by atoms with van der Waals surface area (Å²) < 4.78 is 11.5. The van der Waals surface area contributed by atoms with Crippen LogP contribution in [0.15, 0.2) is 34.9 Å². The molecule has 128 valence electrons. The monoisotopic (exact) mass is 329 g/mol. The molecular formula is C18H23N3O3. The Morgan fingerprint density at radius 2 is 2.00 bits per heavy atom. The molecule has 0 radical (unpaired) electrons. The molecule has 0 N–H and O–H groups in total. The maximum absolute atomic E-state index is 12.7. The van der Waals surface area contributed by atoms with Gasteiger partial charge in [0.15, 0.2) is 5.76 Å². The van der Waals surface area contributed by atoms with Crippen LogP contribution in [0.1, 0.15) is 23.9 Å². The molecule has 1 aliphatic rings. The van der Waals surface area contributed by atoms with Crippen molar-refractivity contribution in [3.8, 4) is 0 Å². The van der Waals surface area contributed by atoms with Crippen LogP contribution in [-0.4, -0.2) is 49.8 Å². The van der Waals surface area contributed by atoms with Crippen molar-refractivity contribution in [1.82, 2.24) is 10.1 Å². The third kappa shape index (κ3) is 2.83. The van der Waals surface area contributed by atoms with Crippen molar-refractivity contribution in [1.29, 1.82) is 0 Å². The number of hydrogen-bond donors (Lipinski definition) is 0. The fourth-order valence-electron chi connectivity index (χ4n) is 2.99. The van der Waals surface area contributed by atoms with E-state index < -0.39 is 5.60 Å². The topological polar surface area (TPSA) is 58.8 Å². The number of anilines is 1. The standard InChI is InChI=1S/C18H23N3O3/c1-13-16-17(19-24-13)18(2,14-8-6-5-7-9-14)23-12-15(22)21(16)11-10-20(3)4/h5-9H,10-12H2,1-4H3. The van der Waals surface area contributed by atoms with Crippen molar-refractivity contribution in [2.75, 3.05) is 38.7 Å².